The van der Waals surface area contributed by atoms with E-state index in [0.29, 0.717) is 11.3 Å². The SMILES string of the molecule is Cc1nn(-c2ccccc2)c(CSc2nnnn2CCc2cccs2)c1C#N. The number of para-hydroxylation sites is 1. The molecule has 0 saturated heterocycles. The predicted octanol–water partition coefficient (Wildman–Crippen LogP) is 3.64. The van der Waals surface area contributed by atoms with Gasteiger partial charge in [0.1, 0.15) is 6.07 Å². The molecular formula is C19H17N7S2. The number of thiophene rings is 1. The van der Waals surface area contributed by atoms with Crippen molar-refractivity contribution in [1.29, 1.82) is 5.26 Å². The Morgan fingerprint density at radius 2 is 2.04 bits per heavy atom. The number of hydrogen-bond donors (Lipinski definition) is 0. The lowest BCUT2D eigenvalue weighted by atomic mass is 10.2. The summed E-state index contributed by atoms with van der Waals surface area (Å²) in [6, 6.07) is 16.3. The molecule has 0 spiro atoms. The third kappa shape index (κ3) is 3.83. The van der Waals surface area contributed by atoms with Gasteiger partial charge in [-0.2, -0.15) is 10.4 Å². The first kappa shape index (κ1) is 18.4. The summed E-state index contributed by atoms with van der Waals surface area (Å²) in [5.41, 5.74) is 3.11. The third-order valence-electron chi connectivity index (χ3n) is 4.26. The van der Waals surface area contributed by atoms with Gasteiger partial charge in [-0.15, -0.1) is 16.4 Å². The van der Waals surface area contributed by atoms with Crippen molar-refractivity contribution in [3.05, 3.63) is 69.7 Å². The van der Waals surface area contributed by atoms with Gasteiger partial charge < -0.3 is 0 Å². The summed E-state index contributed by atoms with van der Waals surface area (Å²) in [7, 11) is 0. The normalized spacial score (nSPS) is 10.9. The van der Waals surface area contributed by atoms with Gasteiger partial charge in [0.25, 0.3) is 0 Å². The summed E-state index contributed by atoms with van der Waals surface area (Å²) < 4.78 is 3.65. The van der Waals surface area contributed by atoms with Gasteiger partial charge in [0, 0.05) is 17.1 Å². The molecule has 0 atom stereocenters. The summed E-state index contributed by atoms with van der Waals surface area (Å²) in [5.74, 6) is 0.554. The number of rotatable bonds is 7. The zero-order valence-corrected chi connectivity index (χ0v) is 16.8. The fraction of sp³-hybridized carbons (Fsp3) is 0.211. The van der Waals surface area contributed by atoms with Crippen molar-refractivity contribution in [2.45, 2.75) is 30.8 Å². The van der Waals surface area contributed by atoms with E-state index >= 15 is 0 Å². The van der Waals surface area contributed by atoms with Crippen molar-refractivity contribution in [3.63, 3.8) is 0 Å². The number of tetrazole rings is 1. The highest BCUT2D eigenvalue weighted by atomic mass is 32.2. The van der Waals surface area contributed by atoms with Crippen molar-refractivity contribution >= 4 is 23.1 Å². The summed E-state index contributed by atoms with van der Waals surface area (Å²) in [5, 5.41) is 29.1. The lowest BCUT2D eigenvalue weighted by Gasteiger charge is -2.08. The average Bonchev–Trinajstić information content (AvgIpc) is 3.45. The van der Waals surface area contributed by atoms with Gasteiger partial charge in [-0.3, -0.25) is 0 Å². The van der Waals surface area contributed by atoms with Gasteiger partial charge in [0.05, 0.1) is 29.2 Å². The highest BCUT2D eigenvalue weighted by molar-refractivity contribution is 7.98. The minimum Gasteiger partial charge on any atom is -0.235 e. The van der Waals surface area contributed by atoms with Gasteiger partial charge in [-0.25, -0.2) is 9.36 Å². The fourth-order valence-electron chi connectivity index (χ4n) is 2.88. The average molecular weight is 408 g/mol. The molecule has 1 aromatic carbocycles. The van der Waals surface area contributed by atoms with Crippen LogP contribution in [-0.4, -0.2) is 30.0 Å². The molecule has 0 unspecified atom stereocenters. The number of aromatic nitrogens is 6. The number of nitriles is 1. The van der Waals surface area contributed by atoms with E-state index in [1.165, 1.54) is 16.6 Å². The van der Waals surface area contributed by atoms with Crippen LogP contribution in [0.2, 0.25) is 0 Å². The molecule has 7 nitrogen and oxygen atoms in total. The van der Waals surface area contributed by atoms with Crippen LogP contribution in [0.1, 0.15) is 21.8 Å². The molecule has 0 saturated carbocycles. The molecule has 28 heavy (non-hydrogen) atoms. The molecule has 0 radical (unpaired) electrons. The topological polar surface area (TPSA) is 85.2 Å². The first-order valence-corrected chi connectivity index (χ1v) is 10.6. The molecule has 0 aliphatic heterocycles. The van der Waals surface area contributed by atoms with Gasteiger partial charge in [0.15, 0.2) is 0 Å². The Labute approximate surface area is 170 Å². The van der Waals surface area contributed by atoms with Crippen molar-refractivity contribution in [3.8, 4) is 11.8 Å². The van der Waals surface area contributed by atoms with E-state index in [9.17, 15) is 5.26 Å². The lowest BCUT2D eigenvalue weighted by molar-refractivity contribution is 0.550. The maximum absolute atomic E-state index is 9.60. The van der Waals surface area contributed by atoms with Crippen molar-refractivity contribution in [1.82, 2.24) is 30.0 Å². The molecule has 9 heteroatoms. The van der Waals surface area contributed by atoms with Gasteiger partial charge in [0.2, 0.25) is 5.16 Å². The molecule has 140 valence electrons. The predicted molar refractivity (Wildman–Crippen MR) is 108 cm³/mol. The number of nitrogens with zero attached hydrogens (tertiary/aromatic N) is 7. The van der Waals surface area contributed by atoms with Crippen LogP contribution in [0.4, 0.5) is 0 Å². The standard InChI is InChI=1S/C19H17N7S2/c1-14-17(12-20)18(26(22-14)15-6-3-2-4-7-15)13-28-19-21-23-24-25(19)10-9-16-8-5-11-27-16/h2-8,11H,9-10,13H2,1H3. The monoisotopic (exact) mass is 407 g/mol. The van der Waals surface area contributed by atoms with Crippen LogP contribution in [-0.2, 0) is 18.7 Å². The molecule has 0 N–H and O–H groups in total. The fourth-order valence-corrected chi connectivity index (χ4v) is 4.48. The second-order valence-corrected chi connectivity index (χ2v) is 8.04. The Morgan fingerprint density at radius 1 is 1.18 bits per heavy atom. The van der Waals surface area contributed by atoms with Crippen molar-refractivity contribution < 1.29 is 0 Å². The number of hydrogen-bond acceptors (Lipinski definition) is 7. The van der Waals surface area contributed by atoms with Gasteiger partial charge >= 0.3 is 0 Å². The number of thioether (sulfide) groups is 1. The first-order valence-electron chi connectivity index (χ1n) is 8.71. The third-order valence-corrected chi connectivity index (χ3v) is 6.16. The number of benzene rings is 1. The Morgan fingerprint density at radius 3 is 2.79 bits per heavy atom. The molecule has 0 aliphatic rings. The van der Waals surface area contributed by atoms with E-state index < -0.39 is 0 Å². The highest BCUT2D eigenvalue weighted by Gasteiger charge is 2.18. The minimum atomic E-state index is 0.554. The smallest absolute Gasteiger partial charge is 0.209 e. The molecule has 4 aromatic rings. The molecular weight excluding hydrogens is 390 g/mol. The molecule has 4 rings (SSSR count). The second kappa shape index (κ2) is 8.37. The molecule has 0 aliphatic carbocycles. The van der Waals surface area contributed by atoms with E-state index in [-0.39, 0.29) is 0 Å². The van der Waals surface area contributed by atoms with Gasteiger partial charge in [-0.1, -0.05) is 36.0 Å². The van der Waals surface area contributed by atoms with Crippen LogP contribution in [0.15, 0.2) is 53.0 Å². The molecule has 3 aromatic heterocycles. The molecule has 3 heterocycles. The zero-order valence-electron chi connectivity index (χ0n) is 15.2. The number of aryl methyl sites for hydroxylation is 3. The summed E-state index contributed by atoms with van der Waals surface area (Å²) in [4.78, 5) is 1.30. The van der Waals surface area contributed by atoms with Gasteiger partial charge in [-0.05, 0) is 40.9 Å². The molecule has 0 bridgehead atoms. The molecule has 0 amide bonds. The van der Waals surface area contributed by atoms with Crippen molar-refractivity contribution in [2.75, 3.05) is 0 Å². The Hall–Kier alpha value is -2.96. The summed E-state index contributed by atoms with van der Waals surface area (Å²) in [6.45, 7) is 2.58. The van der Waals surface area contributed by atoms with Crippen molar-refractivity contribution in [2.24, 2.45) is 0 Å². The van der Waals surface area contributed by atoms with Crippen LogP contribution in [0.3, 0.4) is 0 Å². The highest BCUT2D eigenvalue weighted by Crippen LogP contribution is 2.26. The van der Waals surface area contributed by atoms with Crippen LogP contribution >= 0.6 is 23.1 Å². The Bertz CT molecular complexity index is 1090. The maximum atomic E-state index is 9.60. The van der Waals surface area contributed by atoms with E-state index in [1.807, 2.05) is 52.7 Å². The van der Waals surface area contributed by atoms with Crippen LogP contribution < -0.4 is 0 Å². The summed E-state index contributed by atoms with van der Waals surface area (Å²) in [6.07, 6.45) is 0.890. The van der Waals surface area contributed by atoms with E-state index in [0.717, 1.165) is 35.2 Å². The largest absolute Gasteiger partial charge is 0.235 e. The van der Waals surface area contributed by atoms with Crippen LogP contribution in [0.25, 0.3) is 5.69 Å². The Balaban J connectivity index is 1.54. The van der Waals surface area contributed by atoms with Crippen LogP contribution in [0.5, 0.6) is 0 Å². The lowest BCUT2D eigenvalue weighted by Crippen LogP contribution is -2.06. The summed E-state index contributed by atoms with van der Waals surface area (Å²) >= 11 is 3.25. The first-order chi connectivity index (χ1) is 13.8. The second-order valence-electron chi connectivity index (χ2n) is 6.07. The van der Waals surface area contributed by atoms with E-state index in [4.69, 9.17) is 0 Å². The van der Waals surface area contributed by atoms with E-state index in [2.05, 4.69) is 38.1 Å². The zero-order chi connectivity index (χ0) is 19.3. The van der Waals surface area contributed by atoms with Crippen LogP contribution in [0, 0.1) is 18.3 Å². The maximum Gasteiger partial charge on any atom is 0.209 e. The van der Waals surface area contributed by atoms with E-state index in [1.54, 1.807) is 11.3 Å². The Kier molecular flexibility index (Phi) is 5.50. The molecule has 0 fully saturated rings. The minimum absolute atomic E-state index is 0.554. The quantitative estimate of drug-likeness (QED) is 0.435.